The van der Waals surface area contributed by atoms with Gasteiger partial charge >= 0.3 is 0 Å². The SMILES string of the molecule is CC(C)n1nc(N2CCCCC2CNC(=O)Cc2cn(C)c3ccccc23)ccc1=O. The number of anilines is 1. The lowest BCUT2D eigenvalue weighted by Crippen LogP contribution is -2.48. The van der Waals surface area contributed by atoms with Crippen LogP contribution in [-0.2, 0) is 18.3 Å². The molecule has 0 radical (unpaired) electrons. The summed E-state index contributed by atoms with van der Waals surface area (Å²) in [6.07, 6.45) is 5.62. The molecule has 0 aliphatic carbocycles. The van der Waals surface area contributed by atoms with E-state index in [0.717, 1.165) is 48.1 Å². The van der Waals surface area contributed by atoms with Gasteiger partial charge in [-0.15, -0.1) is 0 Å². The quantitative estimate of drug-likeness (QED) is 0.664. The van der Waals surface area contributed by atoms with Gasteiger partial charge in [0.1, 0.15) is 5.82 Å². The van der Waals surface area contributed by atoms with Crippen molar-refractivity contribution in [3.8, 4) is 0 Å². The summed E-state index contributed by atoms with van der Waals surface area (Å²) in [5, 5.41) is 8.85. The number of para-hydroxylation sites is 1. The van der Waals surface area contributed by atoms with Gasteiger partial charge in [-0.3, -0.25) is 9.59 Å². The number of hydrogen-bond donors (Lipinski definition) is 1. The summed E-state index contributed by atoms with van der Waals surface area (Å²) in [5.41, 5.74) is 2.09. The van der Waals surface area contributed by atoms with E-state index in [1.54, 1.807) is 12.1 Å². The van der Waals surface area contributed by atoms with Crippen LogP contribution in [0.1, 0.15) is 44.7 Å². The summed E-state index contributed by atoms with van der Waals surface area (Å²) in [7, 11) is 2.01. The van der Waals surface area contributed by atoms with Gasteiger partial charge in [-0.2, -0.15) is 5.10 Å². The molecule has 1 aliphatic rings. The van der Waals surface area contributed by atoms with E-state index in [-0.39, 0.29) is 23.6 Å². The van der Waals surface area contributed by atoms with Crippen LogP contribution in [0.4, 0.5) is 5.82 Å². The number of benzene rings is 1. The van der Waals surface area contributed by atoms with E-state index in [2.05, 4.69) is 32.0 Å². The van der Waals surface area contributed by atoms with E-state index in [1.807, 2.05) is 39.2 Å². The predicted octanol–water partition coefficient (Wildman–Crippen LogP) is 3.03. The maximum absolute atomic E-state index is 12.7. The van der Waals surface area contributed by atoms with Crippen LogP contribution in [0.2, 0.25) is 0 Å². The van der Waals surface area contributed by atoms with Crippen LogP contribution in [0.5, 0.6) is 0 Å². The zero-order valence-electron chi connectivity index (χ0n) is 18.5. The van der Waals surface area contributed by atoms with Crippen molar-refractivity contribution in [2.24, 2.45) is 7.05 Å². The molecule has 7 nitrogen and oxygen atoms in total. The molecule has 1 aliphatic heterocycles. The molecule has 1 atom stereocenters. The van der Waals surface area contributed by atoms with Gasteiger partial charge in [0.2, 0.25) is 5.91 Å². The lowest BCUT2D eigenvalue weighted by molar-refractivity contribution is -0.120. The minimum atomic E-state index is -0.0873. The van der Waals surface area contributed by atoms with Crippen molar-refractivity contribution in [1.82, 2.24) is 19.7 Å². The zero-order chi connectivity index (χ0) is 22.0. The third kappa shape index (κ3) is 4.50. The number of nitrogens with zero attached hydrogens (tertiary/aromatic N) is 4. The molecule has 1 fully saturated rings. The minimum Gasteiger partial charge on any atom is -0.354 e. The van der Waals surface area contributed by atoms with Gasteiger partial charge in [0.25, 0.3) is 5.56 Å². The largest absolute Gasteiger partial charge is 0.354 e. The van der Waals surface area contributed by atoms with Crippen molar-refractivity contribution >= 4 is 22.6 Å². The highest BCUT2D eigenvalue weighted by atomic mass is 16.1. The zero-order valence-corrected chi connectivity index (χ0v) is 18.5. The number of aromatic nitrogens is 3. The molecule has 0 spiro atoms. The second-order valence-corrected chi connectivity index (χ2v) is 8.67. The van der Waals surface area contributed by atoms with Crippen LogP contribution in [0.3, 0.4) is 0 Å². The number of hydrogen-bond acceptors (Lipinski definition) is 4. The number of rotatable bonds is 6. The van der Waals surface area contributed by atoms with Crippen LogP contribution in [0.15, 0.2) is 47.4 Å². The van der Waals surface area contributed by atoms with E-state index in [0.29, 0.717) is 13.0 Å². The smallest absolute Gasteiger partial charge is 0.267 e. The molecular weight excluding hydrogens is 390 g/mol. The first-order valence-corrected chi connectivity index (χ1v) is 11.1. The molecule has 1 aromatic carbocycles. The third-order valence-electron chi connectivity index (χ3n) is 6.09. The van der Waals surface area contributed by atoms with Crippen molar-refractivity contribution in [1.29, 1.82) is 0 Å². The van der Waals surface area contributed by atoms with Crippen molar-refractivity contribution in [2.75, 3.05) is 18.0 Å². The molecule has 1 saturated heterocycles. The first-order chi connectivity index (χ1) is 14.9. The molecule has 1 amide bonds. The molecule has 3 aromatic rings. The van der Waals surface area contributed by atoms with Gasteiger partial charge in [-0.1, -0.05) is 18.2 Å². The number of fused-ring (bicyclic) bond motifs is 1. The fourth-order valence-electron chi connectivity index (χ4n) is 4.49. The van der Waals surface area contributed by atoms with Gasteiger partial charge in [-0.25, -0.2) is 4.68 Å². The highest BCUT2D eigenvalue weighted by molar-refractivity contribution is 5.89. The summed E-state index contributed by atoms with van der Waals surface area (Å²) in [6, 6.07) is 11.7. The summed E-state index contributed by atoms with van der Waals surface area (Å²) >= 11 is 0. The average molecular weight is 422 g/mol. The lowest BCUT2D eigenvalue weighted by atomic mass is 10.0. The van der Waals surface area contributed by atoms with Crippen molar-refractivity contribution in [3.63, 3.8) is 0 Å². The van der Waals surface area contributed by atoms with Crippen LogP contribution < -0.4 is 15.8 Å². The van der Waals surface area contributed by atoms with E-state index in [1.165, 1.54) is 4.68 Å². The fourth-order valence-corrected chi connectivity index (χ4v) is 4.49. The van der Waals surface area contributed by atoms with Crippen LogP contribution >= 0.6 is 0 Å². The van der Waals surface area contributed by atoms with Crippen LogP contribution in [0, 0.1) is 0 Å². The maximum atomic E-state index is 12.7. The standard InChI is InChI=1S/C24H31N5O2/c1-17(2)29-24(31)12-11-22(26-29)28-13-7-6-8-19(28)15-25-23(30)14-18-16-27(3)21-10-5-4-9-20(18)21/h4-5,9-12,16-17,19H,6-8,13-15H2,1-3H3,(H,25,30). The number of piperidine rings is 1. The van der Waals surface area contributed by atoms with E-state index in [9.17, 15) is 9.59 Å². The summed E-state index contributed by atoms with van der Waals surface area (Å²) in [4.78, 5) is 27.1. The summed E-state index contributed by atoms with van der Waals surface area (Å²) < 4.78 is 3.59. The average Bonchev–Trinajstić information content (AvgIpc) is 3.08. The van der Waals surface area contributed by atoms with Crippen LogP contribution in [0.25, 0.3) is 10.9 Å². The topological polar surface area (TPSA) is 72.2 Å². The Balaban J connectivity index is 1.44. The predicted molar refractivity (Wildman–Crippen MR) is 123 cm³/mol. The van der Waals surface area contributed by atoms with E-state index >= 15 is 0 Å². The Morgan fingerprint density at radius 2 is 2.00 bits per heavy atom. The molecule has 164 valence electrons. The number of carbonyl (C=O) groups excluding carboxylic acids is 1. The first kappa shape index (κ1) is 21.2. The Morgan fingerprint density at radius 3 is 2.81 bits per heavy atom. The second kappa shape index (κ2) is 8.96. The van der Waals surface area contributed by atoms with Gasteiger partial charge in [0.05, 0.1) is 12.5 Å². The van der Waals surface area contributed by atoms with Gasteiger partial charge in [0, 0.05) is 49.3 Å². The molecule has 1 unspecified atom stereocenters. The Bertz CT molecular complexity index is 1130. The highest BCUT2D eigenvalue weighted by Crippen LogP contribution is 2.23. The molecule has 31 heavy (non-hydrogen) atoms. The first-order valence-electron chi connectivity index (χ1n) is 11.1. The summed E-state index contributed by atoms with van der Waals surface area (Å²) in [5.74, 6) is 0.836. The van der Waals surface area contributed by atoms with Crippen LogP contribution in [-0.4, -0.2) is 39.4 Å². The molecule has 1 N–H and O–H groups in total. The maximum Gasteiger partial charge on any atom is 0.267 e. The molecule has 2 aromatic heterocycles. The Morgan fingerprint density at radius 1 is 1.19 bits per heavy atom. The van der Waals surface area contributed by atoms with Crippen molar-refractivity contribution in [2.45, 2.75) is 51.6 Å². The van der Waals surface area contributed by atoms with E-state index in [4.69, 9.17) is 0 Å². The Labute approximate surface area is 182 Å². The fraction of sp³-hybridized carbons (Fsp3) is 0.458. The summed E-state index contributed by atoms with van der Waals surface area (Å²) in [6.45, 7) is 5.37. The number of nitrogens with one attached hydrogen (secondary N) is 1. The molecule has 0 bridgehead atoms. The molecule has 7 heteroatoms. The van der Waals surface area contributed by atoms with Gasteiger partial charge in [0.15, 0.2) is 0 Å². The molecular formula is C24H31N5O2. The van der Waals surface area contributed by atoms with Gasteiger partial charge < -0.3 is 14.8 Å². The van der Waals surface area contributed by atoms with Gasteiger partial charge in [-0.05, 0) is 50.8 Å². The normalized spacial score (nSPS) is 16.8. The Kier molecular flexibility index (Phi) is 6.11. The lowest BCUT2D eigenvalue weighted by Gasteiger charge is -2.37. The Hall–Kier alpha value is -3.09. The number of aryl methyl sites for hydroxylation is 1. The monoisotopic (exact) mass is 421 g/mol. The molecule has 4 rings (SSSR count). The highest BCUT2D eigenvalue weighted by Gasteiger charge is 2.25. The molecule has 0 saturated carbocycles. The van der Waals surface area contributed by atoms with Crippen molar-refractivity contribution < 1.29 is 4.79 Å². The number of amides is 1. The third-order valence-corrected chi connectivity index (χ3v) is 6.09. The number of carbonyl (C=O) groups is 1. The molecule has 3 heterocycles. The minimum absolute atomic E-state index is 0.0103. The van der Waals surface area contributed by atoms with E-state index < -0.39 is 0 Å². The van der Waals surface area contributed by atoms with Crippen molar-refractivity contribution in [3.05, 3.63) is 58.5 Å². The second-order valence-electron chi connectivity index (χ2n) is 8.67.